The first-order chi connectivity index (χ1) is 11.2. The maximum absolute atomic E-state index is 12.9. The van der Waals surface area contributed by atoms with Crippen LogP contribution in [0.15, 0.2) is 40.4 Å². The fourth-order valence-electron chi connectivity index (χ4n) is 2.63. The van der Waals surface area contributed by atoms with E-state index in [-0.39, 0.29) is 17.9 Å². The van der Waals surface area contributed by atoms with E-state index in [0.29, 0.717) is 17.1 Å². The van der Waals surface area contributed by atoms with E-state index < -0.39 is 11.9 Å². The maximum atomic E-state index is 12.9. The molecule has 0 saturated heterocycles. The Balaban J connectivity index is 2.41. The Morgan fingerprint density at radius 3 is 2.46 bits per heavy atom. The molecule has 1 atom stereocenters. The Bertz CT molecular complexity index is 687. The molecule has 1 heterocycles. The first-order valence-corrected chi connectivity index (χ1v) is 7.82. The Kier molecular flexibility index (Phi) is 5.17. The monoisotopic (exact) mass is 329 g/mol. The smallest absolute Gasteiger partial charge is 0.311 e. The molecule has 0 bridgehead atoms. The van der Waals surface area contributed by atoms with Gasteiger partial charge in [0.1, 0.15) is 5.92 Å². The first kappa shape index (κ1) is 17.8. The first-order valence-electron chi connectivity index (χ1n) is 7.82. The summed E-state index contributed by atoms with van der Waals surface area (Å²) in [5.41, 5.74) is 1.45. The summed E-state index contributed by atoms with van der Waals surface area (Å²) in [6, 6.07) is 9.14. The number of carbonyl (C=O) groups is 2. The zero-order valence-corrected chi connectivity index (χ0v) is 14.7. The number of hydrogen-bond donors (Lipinski definition) is 0. The van der Waals surface area contributed by atoms with Gasteiger partial charge in [0.2, 0.25) is 0 Å². The summed E-state index contributed by atoms with van der Waals surface area (Å²) < 4.78 is 4.73. The minimum absolute atomic E-state index is 0.0345. The molecule has 0 fully saturated rings. The third-order valence-corrected chi connectivity index (χ3v) is 3.50. The molecule has 6 nitrogen and oxygen atoms in total. The molecule has 0 spiro atoms. The third kappa shape index (κ3) is 4.07. The van der Waals surface area contributed by atoms with E-state index in [1.54, 1.807) is 19.1 Å². The number of amides is 1. The number of esters is 1. The number of ether oxygens (including phenoxy) is 1. The van der Waals surface area contributed by atoms with Crippen LogP contribution in [0, 0.1) is 5.92 Å². The van der Waals surface area contributed by atoms with Crippen molar-refractivity contribution in [2.75, 3.05) is 12.1 Å². The van der Waals surface area contributed by atoms with Crippen LogP contribution < -0.4 is 5.01 Å². The predicted octanol–water partition coefficient (Wildman–Crippen LogP) is 2.83. The van der Waals surface area contributed by atoms with E-state index in [1.165, 1.54) is 12.1 Å². The zero-order valence-electron chi connectivity index (χ0n) is 14.7. The van der Waals surface area contributed by atoms with E-state index in [0.717, 1.165) is 0 Å². The van der Waals surface area contributed by atoms with Crippen molar-refractivity contribution < 1.29 is 14.3 Å². The van der Waals surface area contributed by atoms with Crippen molar-refractivity contribution in [3.8, 4) is 0 Å². The Labute approximate surface area is 142 Å². The zero-order chi connectivity index (χ0) is 17.9. The lowest BCUT2D eigenvalue weighted by Crippen LogP contribution is -2.34. The Morgan fingerprint density at radius 1 is 1.29 bits per heavy atom. The number of hydrazone groups is 1. The second-order valence-corrected chi connectivity index (χ2v) is 6.69. The van der Waals surface area contributed by atoms with Crippen molar-refractivity contribution in [1.82, 2.24) is 0 Å². The van der Waals surface area contributed by atoms with Crippen LogP contribution in [-0.4, -0.2) is 35.9 Å². The lowest BCUT2D eigenvalue weighted by atomic mass is 9.95. The molecule has 1 unspecified atom stereocenters. The number of nitrogens with zero attached hydrogens (tertiary/aromatic N) is 3. The van der Waals surface area contributed by atoms with Gasteiger partial charge in [-0.05, 0) is 39.8 Å². The van der Waals surface area contributed by atoms with Crippen molar-refractivity contribution >= 4 is 29.0 Å². The predicted molar refractivity (Wildman–Crippen MR) is 94.3 cm³/mol. The van der Waals surface area contributed by atoms with Crippen molar-refractivity contribution in [2.45, 2.75) is 39.7 Å². The molecule has 0 aromatic heterocycles. The number of para-hydroxylation sites is 1. The molecule has 128 valence electrons. The van der Waals surface area contributed by atoms with E-state index >= 15 is 0 Å². The summed E-state index contributed by atoms with van der Waals surface area (Å²) >= 11 is 0. The van der Waals surface area contributed by atoms with Crippen molar-refractivity contribution in [3.63, 3.8) is 0 Å². The average Bonchev–Trinajstić information content (AvgIpc) is 2.82. The molecular formula is C18H23N3O3. The highest BCUT2D eigenvalue weighted by Gasteiger charge is 2.39. The van der Waals surface area contributed by atoms with Crippen LogP contribution in [0.3, 0.4) is 0 Å². The molecule has 2 rings (SSSR count). The van der Waals surface area contributed by atoms with E-state index in [2.05, 4.69) is 10.1 Å². The van der Waals surface area contributed by atoms with Gasteiger partial charge in [-0.3, -0.25) is 14.6 Å². The third-order valence-electron chi connectivity index (χ3n) is 3.50. The fraction of sp³-hybridized carbons (Fsp3) is 0.444. The molecule has 1 aliphatic rings. The van der Waals surface area contributed by atoms with Crippen LogP contribution >= 0.6 is 0 Å². The molecule has 1 aromatic rings. The minimum Gasteiger partial charge on any atom is -0.469 e. The number of hydrogen-bond acceptors (Lipinski definition) is 5. The number of benzene rings is 1. The molecule has 0 radical (unpaired) electrons. The second-order valence-electron chi connectivity index (χ2n) is 6.69. The van der Waals surface area contributed by atoms with Gasteiger partial charge in [-0.25, -0.2) is 0 Å². The SMILES string of the molecule is COC(=O)CC1=NN(c2ccccc2)C(=O)C1C(C)=NC(C)(C)C. The quantitative estimate of drug-likeness (QED) is 0.630. The minimum atomic E-state index is -0.636. The van der Waals surface area contributed by atoms with E-state index in [9.17, 15) is 9.59 Å². The average molecular weight is 329 g/mol. The van der Waals surface area contributed by atoms with Gasteiger partial charge < -0.3 is 4.74 Å². The lowest BCUT2D eigenvalue weighted by molar-refractivity contribution is -0.139. The number of rotatable bonds is 4. The van der Waals surface area contributed by atoms with Gasteiger partial charge in [-0.1, -0.05) is 18.2 Å². The number of aliphatic imine (C=N–C) groups is 1. The van der Waals surface area contributed by atoms with Gasteiger partial charge in [0.25, 0.3) is 5.91 Å². The van der Waals surface area contributed by atoms with Crippen LogP contribution in [0.2, 0.25) is 0 Å². The van der Waals surface area contributed by atoms with Gasteiger partial charge in [0.05, 0.1) is 30.5 Å². The molecule has 0 N–H and O–H groups in total. The van der Waals surface area contributed by atoms with Crippen LogP contribution in [0.5, 0.6) is 0 Å². The summed E-state index contributed by atoms with van der Waals surface area (Å²) in [7, 11) is 1.32. The second kappa shape index (κ2) is 6.95. The van der Waals surface area contributed by atoms with Crippen molar-refractivity contribution in [2.24, 2.45) is 16.0 Å². The molecule has 0 aliphatic carbocycles. The highest BCUT2D eigenvalue weighted by Crippen LogP contribution is 2.27. The van der Waals surface area contributed by atoms with E-state index in [1.807, 2.05) is 39.0 Å². The summed E-state index contributed by atoms with van der Waals surface area (Å²) in [4.78, 5) is 29.2. The highest BCUT2D eigenvalue weighted by molar-refractivity contribution is 6.30. The Morgan fingerprint density at radius 2 is 1.92 bits per heavy atom. The number of anilines is 1. The van der Waals surface area contributed by atoms with E-state index in [4.69, 9.17) is 4.74 Å². The van der Waals surface area contributed by atoms with Crippen LogP contribution in [0.1, 0.15) is 34.1 Å². The molecule has 24 heavy (non-hydrogen) atoms. The van der Waals surface area contributed by atoms with Crippen LogP contribution in [0.4, 0.5) is 5.69 Å². The standard InChI is InChI=1S/C18H23N3O3/c1-12(19-18(2,3)4)16-14(11-15(22)24-5)20-21(17(16)23)13-9-7-6-8-10-13/h6-10,16H,11H2,1-5H3. The Hall–Kier alpha value is -2.50. The van der Waals surface area contributed by atoms with Crippen molar-refractivity contribution in [3.05, 3.63) is 30.3 Å². The maximum Gasteiger partial charge on any atom is 0.311 e. The largest absolute Gasteiger partial charge is 0.469 e. The van der Waals surface area contributed by atoms with Gasteiger partial charge in [-0.15, -0.1) is 0 Å². The van der Waals surface area contributed by atoms with Crippen LogP contribution in [0.25, 0.3) is 0 Å². The molecule has 0 saturated carbocycles. The summed E-state index contributed by atoms with van der Waals surface area (Å²) in [5.74, 6) is -1.26. The molecular weight excluding hydrogens is 306 g/mol. The number of carbonyl (C=O) groups excluding carboxylic acids is 2. The summed E-state index contributed by atoms with van der Waals surface area (Å²) in [5, 5.41) is 5.72. The fourth-order valence-corrected chi connectivity index (χ4v) is 2.63. The molecule has 1 aromatic carbocycles. The van der Waals surface area contributed by atoms with Gasteiger partial charge in [0, 0.05) is 5.71 Å². The summed E-state index contributed by atoms with van der Waals surface area (Å²) in [6.07, 6.45) is -0.0345. The molecule has 1 amide bonds. The lowest BCUT2D eigenvalue weighted by Gasteiger charge is -2.18. The summed E-state index contributed by atoms with van der Waals surface area (Å²) in [6.45, 7) is 7.68. The molecule has 1 aliphatic heterocycles. The molecule has 6 heteroatoms. The number of methoxy groups -OCH3 is 1. The topological polar surface area (TPSA) is 71.3 Å². The highest BCUT2D eigenvalue weighted by atomic mass is 16.5. The van der Waals surface area contributed by atoms with Crippen LogP contribution in [-0.2, 0) is 14.3 Å². The normalized spacial score (nSPS) is 18.6. The van der Waals surface area contributed by atoms with Crippen molar-refractivity contribution in [1.29, 1.82) is 0 Å². The van der Waals surface area contributed by atoms with Gasteiger partial charge in [0.15, 0.2) is 0 Å². The van der Waals surface area contributed by atoms with Gasteiger partial charge in [-0.2, -0.15) is 10.1 Å². The van der Waals surface area contributed by atoms with Gasteiger partial charge >= 0.3 is 5.97 Å².